The molecule has 0 atom stereocenters. The van der Waals surface area contributed by atoms with Crippen molar-refractivity contribution in [2.24, 2.45) is 0 Å². The number of halogens is 1. The maximum Gasteiger partial charge on any atom is 0.120 e. The highest BCUT2D eigenvalue weighted by atomic mass is 79.9. The minimum Gasteiger partial charge on any atom is -0.492 e. The molecule has 1 aromatic heterocycles. The highest BCUT2D eigenvalue weighted by Gasteiger charge is 1.95. The van der Waals surface area contributed by atoms with Crippen molar-refractivity contribution in [2.75, 3.05) is 19.7 Å². The summed E-state index contributed by atoms with van der Waals surface area (Å²) in [5.41, 5.74) is 0. The third-order valence-electron chi connectivity index (χ3n) is 2.42. The van der Waals surface area contributed by atoms with Crippen LogP contribution in [-0.4, -0.2) is 29.5 Å². The van der Waals surface area contributed by atoms with Crippen LogP contribution in [-0.2, 0) is 6.54 Å². The van der Waals surface area contributed by atoms with Crippen LogP contribution < -0.4 is 10.1 Å². The molecule has 18 heavy (non-hydrogen) atoms. The summed E-state index contributed by atoms with van der Waals surface area (Å²) in [5.74, 6) is 0.887. The van der Waals surface area contributed by atoms with Crippen molar-refractivity contribution in [1.82, 2.24) is 15.1 Å². The minimum absolute atomic E-state index is 0.662. The van der Waals surface area contributed by atoms with Gasteiger partial charge in [-0.25, -0.2) is 0 Å². The average Bonchev–Trinajstić information content (AvgIpc) is 2.87. The number of benzene rings is 1. The third-order valence-corrected chi connectivity index (χ3v) is 2.91. The van der Waals surface area contributed by atoms with E-state index in [1.807, 2.05) is 41.2 Å². The summed E-state index contributed by atoms with van der Waals surface area (Å²) in [4.78, 5) is 0. The molecule has 0 bridgehead atoms. The lowest BCUT2D eigenvalue weighted by atomic mass is 10.3. The molecule has 0 radical (unpaired) electrons. The molecule has 0 unspecified atom stereocenters. The van der Waals surface area contributed by atoms with Crippen molar-refractivity contribution in [3.63, 3.8) is 0 Å². The summed E-state index contributed by atoms with van der Waals surface area (Å²) in [6, 6.07) is 9.79. The van der Waals surface area contributed by atoms with Gasteiger partial charge in [-0.2, -0.15) is 5.10 Å². The lowest BCUT2D eigenvalue weighted by molar-refractivity contribution is 0.312. The van der Waals surface area contributed by atoms with Gasteiger partial charge in [-0.05, 0) is 24.3 Å². The zero-order valence-corrected chi connectivity index (χ0v) is 11.6. The van der Waals surface area contributed by atoms with Gasteiger partial charge in [-0.1, -0.05) is 22.0 Å². The van der Waals surface area contributed by atoms with E-state index in [1.165, 1.54) is 0 Å². The molecule has 1 N–H and O–H groups in total. The van der Waals surface area contributed by atoms with E-state index < -0.39 is 0 Å². The van der Waals surface area contributed by atoms with Gasteiger partial charge < -0.3 is 10.1 Å². The number of nitrogens with one attached hydrogen (secondary N) is 1. The van der Waals surface area contributed by atoms with Gasteiger partial charge in [0.05, 0.1) is 6.54 Å². The lowest BCUT2D eigenvalue weighted by Gasteiger charge is -2.08. The van der Waals surface area contributed by atoms with Crippen molar-refractivity contribution in [3.05, 3.63) is 47.2 Å². The molecule has 1 heterocycles. The van der Waals surface area contributed by atoms with E-state index in [0.717, 1.165) is 29.9 Å². The first-order chi connectivity index (χ1) is 8.84. The van der Waals surface area contributed by atoms with Gasteiger partial charge in [0.25, 0.3) is 0 Å². The molecule has 1 aromatic carbocycles. The Balaban J connectivity index is 1.56. The molecule has 0 saturated heterocycles. The summed E-state index contributed by atoms with van der Waals surface area (Å²) in [5, 5.41) is 7.44. The van der Waals surface area contributed by atoms with Gasteiger partial charge in [0.2, 0.25) is 0 Å². The second kappa shape index (κ2) is 7.18. The first-order valence-corrected chi connectivity index (χ1v) is 6.70. The zero-order valence-electron chi connectivity index (χ0n) is 10.1. The number of hydrogen-bond acceptors (Lipinski definition) is 3. The van der Waals surface area contributed by atoms with Crippen LogP contribution in [0, 0.1) is 0 Å². The summed E-state index contributed by atoms with van der Waals surface area (Å²) in [6.45, 7) is 3.26. The van der Waals surface area contributed by atoms with Crippen LogP contribution in [0.5, 0.6) is 5.75 Å². The first kappa shape index (κ1) is 13.1. The van der Waals surface area contributed by atoms with Gasteiger partial charge in [0.1, 0.15) is 12.4 Å². The molecule has 0 spiro atoms. The predicted molar refractivity (Wildman–Crippen MR) is 74.7 cm³/mol. The van der Waals surface area contributed by atoms with Crippen molar-refractivity contribution in [3.8, 4) is 5.75 Å². The molecule has 0 amide bonds. The Labute approximate surface area is 115 Å². The van der Waals surface area contributed by atoms with Crippen LogP contribution in [0.15, 0.2) is 47.2 Å². The predicted octanol–water partition coefficient (Wildman–Crippen LogP) is 2.31. The van der Waals surface area contributed by atoms with E-state index in [9.17, 15) is 0 Å². The van der Waals surface area contributed by atoms with E-state index in [1.54, 1.807) is 6.20 Å². The molecule has 0 fully saturated rings. The molecule has 2 rings (SSSR count). The van der Waals surface area contributed by atoms with Gasteiger partial charge in [-0.3, -0.25) is 4.68 Å². The van der Waals surface area contributed by atoms with Crippen LogP contribution in [0.4, 0.5) is 0 Å². The Morgan fingerprint density at radius 1 is 1.28 bits per heavy atom. The molecule has 0 aliphatic heterocycles. The Hall–Kier alpha value is -1.33. The second-order valence-electron chi connectivity index (χ2n) is 3.82. The first-order valence-electron chi connectivity index (χ1n) is 5.91. The Morgan fingerprint density at radius 2 is 2.22 bits per heavy atom. The van der Waals surface area contributed by atoms with E-state index >= 15 is 0 Å². The molecular formula is C13H16BrN3O. The highest BCUT2D eigenvalue weighted by Crippen LogP contribution is 2.17. The van der Waals surface area contributed by atoms with E-state index in [4.69, 9.17) is 4.74 Å². The second-order valence-corrected chi connectivity index (χ2v) is 4.74. The molecule has 5 heteroatoms. The zero-order chi connectivity index (χ0) is 12.6. The van der Waals surface area contributed by atoms with Gasteiger partial charge in [0.15, 0.2) is 0 Å². The molecule has 2 aromatic rings. The smallest absolute Gasteiger partial charge is 0.120 e. The number of hydrogen-bond donors (Lipinski definition) is 1. The van der Waals surface area contributed by atoms with Crippen LogP contribution in [0.2, 0.25) is 0 Å². The largest absolute Gasteiger partial charge is 0.492 e. The van der Waals surface area contributed by atoms with Gasteiger partial charge >= 0.3 is 0 Å². The van der Waals surface area contributed by atoms with Crippen LogP contribution in [0.25, 0.3) is 0 Å². The topological polar surface area (TPSA) is 39.1 Å². The minimum atomic E-state index is 0.662. The SMILES string of the molecule is Brc1cccc(OCCNCCn2cccn2)c1. The summed E-state index contributed by atoms with van der Waals surface area (Å²) >= 11 is 3.41. The van der Waals surface area contributed by atoms with Gasteiger partial charge in [0, 0.05) is 30.0 Å². The quantitative estimate of drug-likeness (QED) is 0.798. The van der Waals surface area contributed by atoms with Crippen molar-refractivity contribution in [1.29, 1.82) is 0 Å². The molecular weight excluding hydrogens is 294 g/mol. The standard InChI is InChI=1S/C13H16BrN3O/c14-12-3-1-4-13(11-12)18-10-7-15-6-9-17-8-2-5-16-17/h1-5,8,11,15H,6-7,9-10H2. The van der Waals surface area contributed by atoms with E-state index in [0.29, 0.717) is 6.61 Å². The Bertz CT molecular complexity index is 459. The maximum atomic E-state index is 5.61. The lowest BCUT2D eigenvalue weighted by Crippen LogP contribution is -2.25. The van der Waals surface area contributed by atoms with Crippen molar-refractivity contribution in [2.45, 2.75) is 6.54 Å². The summed E-state index contributed by atoms with van der Waals surface area (Å²) in [7, 11) is 0. The maximum absolute atomic E-state index is 5.61. The van der Waals surface area contributed by atoms with Gasteiger partial charge in [-0.15, -0.1) is 0 Å². The number of aromatic nitrogens is 2. The Morgan fingerprint density at radius 3 is 3.00 bits per heavy atom. The number of ether oxygens (including phenoxy) is 1. The number of rotatable bonds is 7. The fourth-order valence-corrected chi connectivity index (χ4v) is 1.93. The number of nitrogens with zero attached hydrogens (tertiary/aromatic N) is 2. The molecule has 96 valence electrons. The van der Waals surface area contributed by atoms with Crippen LogP contribution in [0.1, 0.15) is 0 Å². The van der Waals surface area contributed by atoms with Crippen molar-refractivity contribution >= 4 is 15.9 Å². The van der Waals surface area contributed by atoms with Crippen LogP contribution in [0.3, 0.4) is 0 Å². The Kier molecular flexibility index (Phi) is 5.23. The van der Waals surface area contributed by atoms with E-state index in [-0.39, 0.29) is 0 Å². The molecule has 0 aliphatic carbocycles. The fourth-order valence-electron chi connectivity index (χ4n) is 1.55. The fraction of sp³-hybridized carbons (Fsp3) is 0.308. The third kappa shape index (κ3) is 4.50. The van der Waals surface area contributed by atoms with E-state index in [2.05, 4.69) is 26.3 Å². The average molecular weight is 310 g/mol. The van der Waals surface area contributed by atoms with Crippen molar-refractivity contribution < 1.29 is 4.74 Å². The molecule has 4 nitrogen and oxygen atoms in total. The highest BCUT2D eigenvalue weighted by molar-refractivity contribution is 9.10. The molecule has 0 aliphatic rings. The van der Waals surface area contributed by atoms with Crippen LogP contribution >= 0.6 is 15.9 Å². The monoisotopic (exact) mass is 309 g/mol. The normalized spacial score (nSPS) is 10.5. The summed E-state index contributed by atoms with van der Waals surface area (Å²) in [6.07, 6.45) is 3.75. The molecule has 0 saturated carbocycles. The summed E-state index contributed by atoms with van der Waals surface area (Å²) < 4.78 is 8.55.